The van der Waals surface area contributed by atoms with Crippen LogP contribution in [0.5, 0.6) is 0 Å². The number of rotatable bonds is 6. The Morgan fingerprint density at radius 1 is 1.36 bits per heavy atom. The van der Waals surface area contributed by atoms with Gasteiger partial charge in [-0.15, -0.1) is 0 Å². The maximum absolute atomic E-state index is 14.0. The van der Waals surface area contributed by atoms with Crippen molar-refractivity contribution in [1.29, 1.82) is 0 Å². The van der Waals surface area contributed by atoms with Crippen LogP contribution in [0, 0.1) is 11.7 Å². The molecule has 0 spiro atoms. The molecular weight excluding hydrogens is 405 g/mol. The number of hydrogen-bond acceptors (Lipinski definition) is 3. The Hall–Kier alpha value is -1.34. The molecule has 1 saturated heterocycles. The number of aromatic nitrogens is 2. The van der Waals surface area contributed by atoms with Gasteiger partial charge >= 0.3 is 0 Å². The number of carbonyl (C=O) groups is 1. The first-order valence-electron chi connectivity index (χ1n) is 8.45. The van der Waals surface area contributed by atoms with Gasteiger partial charge in [0, 0.05) is 24.7 Å². The second kappa shape index (κ2) is 8.85. The normalized spacial score (nSPS) is 15.3. The standard InChI is InChI=1S/C18H21BrFN3OS/c19-17-11-16(21-22-17)18(24)23(8-5-13-6-9-25-10-7-13)12-14-3-1-2-4-15(14)20/h1-4,11,13H,5-10,12H2,(H,21,22). The summed E-state index contributed by atoms with van der Waals surface area (Å²) in [6.45, 7) is 0.892. The number of thioether (sulfide) groups is 1. The highest BCUT2D eigenvalue weighted by Crippen LogP contribution is 2.26. The van der Waals surface area contributed by atoms with Crippen molar-refractivity contribution >= 4 is 33.6 Å². The number of nitrogens with one attached hydrogen (secondary N) is 1. The van der Waals surface area contributed by atoms with E-state index in [1.54, 1.807) is 29.2 Å². The van der Waals surface area contributed by atoms with Crippen LogP contribution in [0.2, 0.25) is 0 Å². The van der Waals surface area contributed by atoms with Crippen LogP contribution in [0.3, 0.4) is 0 Å². The zero-order valence-corrected chi connectivity index (χ0v) is 16.3. The van der Waals surface area contributed by atoms with E-state index in [4.69, 9.17) is 0 Å². The molecule has 1 aromatic heterocycles. The van der Waals surface area contributed by atoms with Crippen molar-refractivity contribution in [3.63, 3.8) is 0 Å². The van der Waals surface area contributed by atoms with Crippen LogP contribution in [0.4, 0.5) is 4.39 Å². The number of nitrogens with zero attached hydrogens (tertiary/aromatic N) is 2. The summed E-state index contributed by atoms with van der Waals surface area (Å²) in [4.78, 5) is 14.6. The molecule has 1 aromatic carbocycles. The van der Waals surface area contributed by atoms with Gasteiger partial charge in [0.2, 0.25) is 0 Å². The molecule has 0 saturated carbocycles. The second-order valence-corrected chi connectivity index (χ2v) is 8.30. The molecule has 0 atom stereocenters. The SMILES string of the molecule is O=C(c1cc(Br)n[nH]1)N(CCC1CCSCC1)Cc1ccccc1F. The highest BCUT2D eigenvalue weighted by atomic mass is 79.9. The van der Waals surface area contributed by atoms with Crippen LogP contribution < -0.4 is 0 Å². The first-order chi connectivity index (χ1) is 12.1. The van der Waals surface area contributed by atoms with E-state index >= 15 is 0 Å². The molecule has 0 aliphatic carbocycles. The molecule has 2 heterocycles. The highest BCUT2D eigenvalue weighted by Gasteiger charge is 2.22. The van der Waals surface area contributed by atoms with Crippen molar-refractivity contribution in [1.82, 2.24) is 15.1 Å². The lowest BCUT2D eigenvalue weighted by Crippen LogP contribution is -2.33. The van der Waals surface area contributed by atoms with Gasteiger partial charge in [-0.25, -0.2) is 4.39 Å². The molecule has 3 rings (SSSR count). The zero-order chi connectivity index (χ0) is 17.6. The molecule has 1 aliphatic rings. The largest absolute Gasteiger partial charge is 0.333 e. The summed E-state index contributed by atoms with van der Waals surface area (Å²) in [7, 11) is 0. The molecule has 1 fully saturated rings. The predicted molar refractivity (Wildman–Crippen MR) is 102 cm³/mol. The molecule has 1 N–H and O–H groups in total. The Labute approximate surface area is 159 Å². The predicted octanol–water partition coefficient (Wildman–Crippen LogP) is 4.49. The van der Waals surface area contributed by atoms with Crippen LogP contribution in [-0.2, 0) is 6.54 Å². The second-order valence-electron chi connectivity index (χ2n) is 6.27. The first-order valence-corrected chi connectivity index (χ1v) is 10.4. The van der Waals surface area contributed by atoms with Gasteiger partial charge in [-0.05, 0) is 58.7 Å². The van der Waals surface area contributed by atoms with Crippen molar-refractivity contribution in [2.45, 2.75) is 25.8 Å². The molecule has 25 heavy (non-hydrogen) atoms. The lowest BCUT2D eigenvalue weighted by molar-refractivity contribution is 0.0724. The third kappa shape index (κ3) is 5.07. The maximum atomic E-state index is 14.0. The molecule has 1 aliphatic heterocycles. The molecule has 4 nitrogen and oxygen atoms in total. The zero-order valence-electron chi connectivity index (χ0n) is 13.9. The van der Waals surface area contributed by atoms with E-state index in [2.05, 4.69) is 26.1 Å². The fourth-order valence-corrected chi connectivity index (χ4v) is 4.56. The number of hydrogen-bond donors (Lipinski definition) is 1. The summed E-state index contributed by atoms with van der Waals surface area (Å²) >= 11 is 5.25. The number of H-pyrrole nitrogens is 1. The van der Waals surface area contributed by atoms with Crippen LogP contribution in [-0.4, -0.2) is 39.1 Å². The molecule has 0 radical (unpaired) electrons. The third-order valence-corrected chi connectivity index (χ3v) is 5.99. The van der Waals surface area contributed by atoms with Crippen LogP contribution in [0.25, 0.3) is 0 Å². The van der Waals surface area contributed by atoms with Gasteiger partial charge in [0.25, 0.3) is 5.91 Å². The van der Waals surface area contributed by atoms with Crippen LogP contribution in [0.15, 0.2) is 34.9 Å². The summed E-state index contributed by atoms with van der Waals surface area (Å²) in [5.74, 6) is 2.61. The lowest BCUT2D eigenvalue weighted by Gasteiger charge is -2.27. The fraction of sp³-hybridized carbons (Fsp3) is 0.444. The Balaban J connectivity index is 1.72. The summed E-state index contributed by atoms with van der Waals surface area (Å²) in [6, 6.07) is 8.29. The van der Waals surface area contributed by atoms with E-state index in [-0.39, 0.29) is 18.3 Å². The summed E-state index contributed by atoms with van der Waals surface area (Å²) in [5, 5.41) is 6.70. The average molecular weight is 426 g/mol. The van der Waals surface area contributed by atoms with Crippen molar-refractivity contribution in [2.24, 2.45) is 5.92 Å². The molecule has 0 unspecified atom stereocenters. The molecule has 134 valence electrons. The van der Waals surface area contributed by atoms with E-state index in [9.17, 15) is 9.18 Å². The van der Waals surface area contributed by atoms with Gasteiger partial charge < -0.3 is 4.90 Å². The van der Waals surface area contributed by atoms with Crippen molar-refractivity contribution in [3.8, 4) is 0 Å². The Morgan fingerprint density at radius 2 is 2.12 bits per heavy atom. The van der Waals surface area contributed by atoms with Gasteiger partial charge in [0.05, 0.1) is 0 Å². The topological polar surface area (TPSA) is 49.0 Å². The minimum absolute atomic E-state index is 0.147. The molecule has 7 heteroatoms. The number of amides is 1. The molecule has 1 amide bonds. The highest BCUT2D eigenvalue weighted by molar-refractivity contribution is 9.10. The summed E-state index contributed by atoms with van der Waals surface area (Å²) in [6.07, 6.45) is 3.35. The lowest BCUT2D eigenvalue weighted by atomic mass is 9.98. The van der Waals surface area contributed by atoms with E-state index in [1.165, 1.54) is 30.4 Å². The minimum atomic E-state index is -0.278. The van der Waals surface area contributed by atoms with E-state index in [0.29, 0.717) is 28.3 Å². The van der Waals surface area contributed by atoms with Crippen LogP contribution >= 0.6 is 27.7 Å². The van der Waals surface area contributed by atoms with Crippen molar-refractivity contribution < 1.29 is 9.18 Å². The monoisotopic (exact) mass is 425 g/mol. The minimum Gasteiger partial charge on any atom is -0.333 e. The Kier molecular flexibility index (Phi) is 6.53. The molecular formula is C18H21BrFN3OS. The van der Waals surface area contributed by atoms with Crippen molar-refractivity contribution in [2.75, 3.05) is 18.1 Å². The Bertz CT molecular complexity index is 718. The number of halogens is 2. The van der Waals surface area contributed by atoms with Gasteiger partial charge in [-0.3, -0.25) is 9.89 Å². The van der Waals surface area contributed by atoms with Gasteiger partial charge in [0.1, 0.15) is 16.1 Å². The van der Waals surface area contributed by atoms with Crippen molar-refractivity contribution in [3.05, 3.63) is 52.0 Å². The smallest absolute Gasteiger partial charge is 0.272 e. The summed E-state index contributed by atoms with van der Waals surface area (Å²) < 4.78 is 14.6. The molecule has 0 bridgehead atoms. The molecule has 2 aromatic rings. The van der Waals surface area contributed by atoms with Crippen LogP contribution in [0.1, 0.15) is 35.3 Å². The first kappa shape index (κ1) is 18.5. The van der Waals surface area contributed by atoms with E-state index < -0.39 is 0 Å². The maximum Gasteiger partial charge on any atom is 0.272 e. The van der Waals surface area contributed by atoms with Gasteiger partial charge in [-0.2, -0.15) is 16.9 Å². The fourth-order valence-electron chi connectivity index (χ4n) is 3.04. The number of benzene rings is 1. The quantitative estimate of drug-likeness (QED) is 0.741. The number of carbonyl (C=O) groups excluding carboxylic acids is 1. The Morgan fingerprint density at radius 3 is 2.80 bits per heavy atom. The van der Waals surface area contributed by atoms with E-state index in [0.717, 1.165) is 6.42 Å². The van der Waals surface area contributed by atoms with E-state index in [1.807, 2.05) is 11.8 Å². The average Bonchev–Trinajstić information content (AvgIpc) is 3.07. The summed E-state index contributed by atoms with van der Waals surface area (Å²) in [5.41, 5.74) is 0.955. The third-order valence-electron chi connectivity index (χ3n) is 4.53. The van der Waals surface area contributed by atoms with Gasteiger partial charge in [0.15, 0.2) is 0 Å². The van der Waals surface area contributed by atoms with Gasteiger partial charge in [-0.1, -0.05) is 18.2 Å². The number of aromatic amines is 1.